The van der Waals surface area contributed by atoms with Crippen molar-refractivity contribution in [2.24, 2.45) is 11.8 Å². The zero-order valence-corrected chi connectivity index (χ0v) is 16.1. The highest BCUT2D eigenvalue weighted by atomic mass is 127. The Morgan fingerprint density at radius 1 is 1.29 bits per heavy atom. The molecular weight excluding hydrogens is 441 g/mol. The van der Waals surface area contributed by atoms with Crippen molar-refractivity contribution in [1.29, 1.82) is 0 Å². The smallest absolute Gasteiger partial charge is 0.255 e. The van der Waals surface area contributed by atoms with Crippen molar-refractivity contribution in [3.8, 4) is 0 Å². The van der Waals surface area contributed by atoms with Crippen LogP contribution in [0.25, 0.3) is 0 Å². The Kier molecular flexibility index (Phi) is 4.94. The van der Waals surface area contributed by atoms with E-state index in [1.54, 1.807) is 0 Å². The highest BCUT2D eigenvalue weighted by molar-refractivity contribution is 14.1. The van der Waals surface area contributed by atoms with Crippen molar-refractivity contribution >= 4 is 44.4 Å². The molecule has 2 nitrogen and oxygen atoms in total. The highest BCUT2D eigenvalue weighted by Gasteiger charge is 2.39. The number of amides is 1. The van der Waals surface area contributed by atoms with Crippen LogP contribution in [0.4, 0.5) is 0 Å². The van der Waals surface area contributed by atoms with Crippen molar-refractivity contribution in [3.05, 3.63) is 31.8 Å². The van der Waals surface area contributed by atoms with Gasteiger partial charge in [-0.3, -0.25) is 4.79 Å². The molecule has 0 aromatic heterocycles. The number of piperidine rings is 1. The molecule has 0 radical (unpaired) electrons. The van der Waals surface area contributed by atoms with Crippen LogP contribution in [-0.2, 0) is 0 Å². The van der Waals surface area contributed by atoms with E-state index in [0.717, 1.165) is 32.5 Å². The predicted octanol–water partition coefficient (Wildman–Crippen LogP) is 5.09. The summed E-state index contributed by atoms with van der Waals surface area (Å²) < 4.78 is 2.03. The Bertz CT molecular complexity index is 548. The van der Waals surface area contributed by atoms with Crippen molar-refractivity contribution in [2.45, 2.75) is 45.1 Å². The van der Waals surface area contributed by atoms with E-state index >= 15 is 0 Å². The number of hydrogen-bond donors (Lipinski definition) is 0. The minimum absolute atomic E-state index is 0.212. The molecule has 1 aliphatic carbocycles. The second-order valence-electron chi connectivity index (χ2n) is 6.40. The Labute approximate surface area is 148 Å². The first kappa shape index (κ1) is 15.8. The SMILES string of the molecule is CC1CCN(C(=O)c2cc(I)ccc2Br)C2CCCCC12. The maximum Gasteiger partial charge on any atom is 0.255 e. The Balaban J connectivity index is 1.88. The van der Waals surface area contributed by atoms with E-state index in [0.29, 0.717) is 12.0 Å². The van der Waals surface area contributed by atoms with E-state index in [2.05, 4.69) is 50.3 Å². The van der Waals surface area contributed by atoms with Crippen LogP contribution in [0.5, 0.6) is 0 Å². The van der Waals surface area contributed by atoms with Crippen molar-refractivity contribution in [1.82, 2.24) is 4.90 Å². The first-order chi connectivity index (χ1) is 10.1. The average Bonchev–Trinajstić information content (AvgIpc) is 2.50. The van der Waals surface area contributed by atoms with Crippen molar-refractivity contribution in [3.63, 3.8) is 0 Å². The third-order valence-electron chi connectivity index (χ3n) is 5.16. The van der Waals surface area contributed by atoms with Gasteiger partial charge in [-0.1, -0.05) is 19.8 Å². The molecule has 2 aliphatic rings. The zero-order chi connectivity index (χ0) is 15.0. The fourth-order valence-corrected chi connectivity index (χ4v) is 4.89. The molecule has 114 valence electrons. The number of carbonyl (C=O) groups is 1. The molecule has 2 fully saturated rings. The largest absolute Gasteiger partial charge is 0.335 e. The van der Waals surface area contributed by atoms with Crippen LogP contribution in [0.1, 0.15) is 49.4 Å². The fraction of sp³-hybridized carbons (Fsp3) is 0.588. The van der Waals surface area contributed by atoms with E-state index in [1.165, 1.54) is 25.7 Å². The van der Waals surface area contributed by atoms with Crippen LogP contribution in [0.3, 0.4) is 0 Å². The maximum atomic E-state index is 13.0. The number of rotatable bonds is 1. The number of nitrogens with zero attached hydrogens (tertiary/aromatic N) is 1. The first-order valence-electron chi connectivity index (χ1n) is 7.84. The van der Waals surface area contributed by atoms with Gasteiger partial charge in [-0.2, -0.15) is 0 Å². The van der Waals surface area contributed by atoms with Crippen LogP contribution in [0.2, 0.25) is 0 Å². The van der Waals surface area contributed by atoms with Crippen LogP contribution in [0.15, 0.2) is 22.7 Å². The fourth-order valence-electron chi connectivity index (χ4n) is 3.98. The Morgan fingerprint density at radius 2 is 2.05 bits per heavy atom. The molecule has 21 heavy (non-hydrogen) atoms. The van der Waals surface area contributed by atoms with Gasteiger partial charge in [-0.15, -0.1) is 0 Å². The number of benzene rings is 1. The molecule has 1 saturated carbocycles. The summed E-state index contributed by atoms with van der Waals surface area (Å²) in [5.41, 5.74) is 0.820. The number of likely N-dealkylation sites (tertiary alicyclic amines) is 1. The lowest BCUT2D eigenvalue weighted by molar-refractivity contribution is 0.0217. The van der Waals surface area contributed by atoms with Gasteiger partial charge in [0.2, 0.25) is 0 Å². The summed E-state index contributed by atoms with van der Waals surface area (Å²) in [5.74, 6) is 1.68. The van der Waals surface area contributed by atoms with Gasteiger partial charge in [0.1, 0.15) is 0 Å². The van der Waals surface area contributed by atoms with Gasteiger partial charge in [0.15, 0.2) is 0 Å². The monoisotopic (exact) mass is 461 g/mol. The average molecular weight is 462 g/mol. The van der Waals surface area contributed by atoms with Gasteiger partial charge < -0.3 is 4.90 Å². The van der Waals surface area contributed by atoms with Gasteiger partial charge in [-0.05, 0) is 87.8 Å². The third kappa shape index (κ3) is 3.16. The predicted molar refractivity (Wildman–Crippen MR) is 97.4 cm³/mol. The number of hydrogen-bond acceptors (Lipinski definition) is 1. The molecule has 0 spiro atoms. The van der Waals surface area contributed by atoms with Gasteiger partial charge in [0.25, 0.3) is 5.91 Å². The number of halogens is 2. The lowest BCUT2D eigenvalue weighted by atomic mass is 9.72. The molecule has 1 saturated heterocycles. The summed E-state index contributed by atoms with van der Waals surface area (Å²) in [6.07, 6.45) is 6.23. The molecule has 0 bridgehead atoms. The standard InChI is InChI=1S/C17H21BrINO/c1-11-8-9-20(16-5-3-2-4-13(11)16)17(21)14-10-12(19)6-7-15(14)18/h6-7,10-11,13,16H,2-5,8-9H2,1H3. The molecular formula is C17H21BrINO. The van der Waals surface area contributed by atoms with Crippen LogP contribution < -0.4 is 0 Å². The van der Waals surface area contributed by atoms with E-state index < -0.39 is 0 Å². The molecule has 1 aromatic rings. The molecule has 3 rings (SSSR count). The number of fused-ring (bicyclic) bond motifs is 1. The molecule has 3 atom stereocenters. The quantitative estimate of drug-likeness (QED) is 0.533. The van der Waals surface area contributed by atoms with E-state index in [9.17, 15) is 4.79 Å². The Hall–Kier alpha value is -0.100. The Morgan fingerprint density at radius 3 is 2.86 bits per heavy atom. The third-order valence-corrected chi connectivity index (χ3v) is 6.52. The summed E-state index contributed by atoms with van der Waals surface area (Å²) in [6, 6.07) is 6.48. The minimum atomic E-state index is 0.212. The topological polar surface area (TPSA) is 20.3 Å². The second-order valence-corrected chi connectivity index (χ2v) is 8.50. The first-order valence-corrected chi connectivity index (χ1v) is 9.71. The summed E-state index contributed by atoms with van der Waals surface area (Å²) in [4.78, 5) is 15.2. The van der Waals surface area contributed by atoms with E-state index in [-0.39, 0.29) is 5.91 Å². The lowest BCUT2D eigenvalue weighted by Crippen LogP contribution is -2.52. The van der Waals surface area contributed by atoms with E-state index in [1.807, 2.05) is 18.2 Å². The van der Waals surface area contributed by atoms with Gasteiger partial charge in [0.05, 0.1) is 5.56 Å². The number of carbonyl (C=O) groups excluding carboxylic acids is 1. The minimum Gasteiger partial charge on any atom is -0.335 e. The van der Waals surface area contributed by atoms with Crippen LogP contribution in [0, 0.1) is 15.4 Å². The zero-order valence-electron chi connectivity index (χ0n) is 12.3. The summed E-state index contributed by atoms with van der Waals surface area (Å²) in [6.45, 7) is 3.28. The molecule has 0 N–H and O–H groups in total. The van der Waals surface area contributed by atoms with Crippen molar-refractivity contribution in [2.75, 3.05) is 6.54 Å². The molecule has 1 heterocycles. The van der Waals surface area contributed by atoms with Gasteiger partial charge >= 0.3 is 0 Å². The highest BCUT2D eigenvalue weighted by Crippen LogP contribution is 2.39. The summed E-state index contributed by atoms with van der Waals surface area (Å²) in [5, 5.41) is 0. The molecule has 1 aliphatic heterocycles. The summed E-state index contributed by atoms with van der Waals surface area (Å²) in [7, 11) is 0. The lowest BCUT2D eigenvalue weighted by Gasteiger charge is -2.47. The van der Waals surface area contributed by atoms with Gasteiger partial charge in [-0.25, -0.2) is 0 Å². The maximum absolute atomic E-state index is 13.0. The van der Waals surface area contributed by atoms with Crippen molar-refractivity contribution < 1.29 is 4.79 Å². The molecule has 3 unspecified atom stereocenters. The van der Waals surface area contributed by atoms with E-state index in [4.69, 9.17) is 0 Å². The molecule has 1 amide bonds. The summed E-state index contributed by atoms with van der Waals surface area (Å²) >= 11 is 5.82. The second kappa shape index (κ2) is 6.57. The molecule has 4 heteroatoms. The van der Waals surface area contributed by atoms with Crippen LogP contribution in [-0.4, -0.2) is 23.4 Å². The molecule has 1 aromatic carbocycles. The van der Waals surface area contributed by atoms with Crippen LogP contribution >= 0.6 is 38.5 Å². The van der Waals surface area contributed by atoms with Gasteiger partial charge in [0, 0.05) is 20.6 Å². The normalized spacial score (nSPS) is 29.1.